The zero-order valence-corrected chi connectivity index (χ0v) is 8.35. The number of nitrogens with one attached hydrogen (secondary N) is 1. The first-order valence-electron chi connectivity index (χ1n) is 5.31. The number of fused-ring (bicyclic) bond motifs is 1. The molecule has 2 unspecified atom stereocenters. The Morgan fingerprint density at radius 2 is 2.53 bits per heavy atom. The summed E-state index contributed by atoms with van der Waals surface area (Å²) < 4.78 is 4.89. The molecule has 1 amide bonds. The second-order valence-electron chi connectivity index (χ2n) is 4.08. The highest BCUT2D eigenvalue weighted by Crippen LogP contribution is 2.26. The Bertz CT molecular complexity index is 363. The average molecular weight is 207 g/mol. The van der Waals surface area contributed by atoms with Crippen LogP contribution in [0.5, 0.6) is 0 Å². The van der Waals surface area contributed by atoms with Gasteiger partial charge in [0, 0.05) is 24.7 Å². The van der Waals surface area contributed by atoms with Crippen LogP contribution in [0, 0.1) is 0 Å². The van der Waals surface area contributed by atoms with Crippen molar-refractivity contribution in [3.05, 3.63) is 18.0 Å². The number of hydrogen-bond donors (Lipinski definition) is 1. The maximum Gasteiger partial charge on any atom is 0.292 e. The number of hydrogen-bond acceptors (Lipinski definition) is 4. The predicted molar refractivity (Wildman–Crippen MR) is 52.4 cm³/mol. The average Bonchev–Trinajstić information content (AvgIpc) is 2.94. The zero-order chi connectivity index (χ0) is 10.3. The molecule has 3 heterocycles. The van der Waals surface area contributed by atoms with Crippen LogP contribution in [0.1, 0.15) is 23.4 Å². The van der Waals surface area contributed by atoms with Gasteiger partial charge >= 0.3 is 0 Å². The SMILES string of the molecule is O=C(c1ccno1)N1CCC2NCCC21. The van der Waals surface area contributed by atoms with E-state index >= 15 is 0 Å². The number of aromatic nitrogens is 1. The molecule has 0 spiro atoms. The third-order valence-electron chi connectivity index (χ3n) is 3.30. The standard InChI is InChI=1S/C10H13N3O2/c14-10(9-2-5-12-15-9)13-6-3-7-8(13)1-4-11-7/h2,5,7-8,11H,1,3-4,6H2. The van der Waals surface area contributed by atoms with Crippen LogP contribution < -0.4 is 5.32 Å². The van der Waals surface area contributed by atoms with E-state index in [-0.39, 0.29) is 5.91 Å². The predicted octanol–water partition coefficient (Wildman–Crippen LogP) is 0.251. The van der Waals surface area contributed by atoms with E-state index in [4.69, 9.17) is 4.52 Å². The van der Waals surface area contributed by atoms with Crippen molar-refractivity contribution in [2.75, 3.05) is 13.1 Å². The van der Waals surface area contributed by atoms with Crippen molar-refractivity contribution in [2.45, 2.75) is 24.9 Å². The van der Waals surface area contributed by atoms with E-state index in [1.165, 1.54) is 6.20 Å². The highest BCUT2D eigenvalue weighted by atomic mass is 16.5. The number of rotatable bonds is 1. The van der Waals surface area contributed by atoms with Crippen LogP contribution in [0.2, 0.25) is 0 Å². The largest absolute Gasteiger partial charge is 0.351 e. The molecule has 1 aromatic rings. The van der Waals surface area contributed by atoms with Gasteiger partial charge in [0.1, 0.15) is 0 Å². The minimum absolute atomic E-state index is 0.0244. The van der Waals surface area contributed by atoms with Gasteiger partial charge < -0.3 is 14.7 Å². The van der Waals surface area contributed by atoms with Gasteiger partial charge in [-0.2, -0.15) is 0 Å². The summed E-state index contributed by atoms with van der Waals surface area (Å²) in [5.74, 6) is 0.325. The molecule has 0 aromatic carbocycles. The summed E-state index contributed by atoms with van der Waals surface area (Å²) in [4.78, 5) is 13.9. The summed E-state index contributed by atoms with van der Waals surface area (Å²) in [6.45, 7) is 1.83. The summed E-state index contributed by atoms with van der Waals surface area (Å²) in [5, 5.41) is 6.97. The molecule has 0 bridgehead atoms. The molecule has 0 radical (unpaired) electrons. The first-order valence-corrected chi connectivity index (χ1v) is 5.31. The lowest BCUT2D eigenvalue weighted by Gasteiger charge is -2.21. The summed E-state index contributed by atoms with van der Waals surface area (Å²) in [6, 6.07) is 2.46. The number of carbonyl (C=O) groups excluding carboxylic acids is 1. The lowest BCUT2D eigenvalue weighted by Crippen LogP contribution is -2.38. The molecule has 2 atom stereocenters. The van der Waals surface area contributed by atoms with Crippen LogP contribution >= 0.6 is 0 Å². The Kier molecular flexibility index (Phi) is 1.98. The van der Waals surface area contributed by atoms with Crippen molar-refractivity contribution in [1.29, 1.82) is 0 Å². The van der Waals surface area contributed by atoms with Gasteiger partial charge in [0.2, 0.25) is 5.76 Å². The van der Waals surface area contributed by atoms with E-state index in [1.54, 1.807) is 6.07 Å². The van der Waals surface area contributed by atoms with Gasteiger partial charge in [-0.05, 0) is 19.4 Å². The first kappa shape index (κ1) is 8.91. The number of likely N-dealkylation sites (tertiary alicyclic amines) is 1. The van der Waals surface area contributed by atoms with E-state index in [2.05, 4.69) is 10.5 Å². The van der Waals surface area contributed by atoms with Gasteiger partial charge in [-0.25, -0.2) is 0 Å². The minimum atomic E-state index is -0.0244. The minimum Gasteiger partial charge on any atom is -0.351 e. The quantitative estimate of drug-likeness (QED) is 0.717. The van der Waals surface area contributed by atoms with Crippen LogP contribution in [-0.2, 0) is 0 Å². The van der Waals surface area contributed by atoms with E-state index in [0.717, 1.165) is 25.9 Å². The molecular weight excluding hydrogens is 194 g/mol. The fraction of sp³-hybridized carbons (Fsp3) is 0.600. The third-order valence-corrected chi connectivity index (χ3v) is 3.30. The third kappa shape index (κ3) is 1.34. The molecule has 5 nitrogen and oxygen atoms in total. The molecule has 0 aliphatic carbocycles. The first-order chi connectivity index (χ1) is 7.36. The second kappa shape index (κ2) is 3.34. The summed E-state index contributed by atoms with van der Waals surface area (Å²) >= 11 is 0. The Labute approximate surface area is 87.4 Å². The number of amides is 1. The Balaban J connectivity index is 1.80. The molecule has 15 heavy (non-hydrogen) atoms. The molecule has 2 fully saturated rings. The molecule has 1 aromatic heterocycles. The second-order valence-corrected chi connectivity index (χ2v) is 4.08. The maximum absolute atomic E-state index is 12.0. The Morgan fingerprint density at radius 1 is 1.60 bits per heavy atom. The van der Waals surface area contributed by atoms with Crippen molar-refractivity contribution in [3.8, 4) is 0 Å². The maximum atomic E-state index is 12.0. The molecule has 3 rings (SSSR count). The van der Waals surface area contributed by atoms with Crippen LogP contribution in [0.25, 0.3) is 0 Å². The fourth-order valence-electron chi connectivity index (χ4n) is 2.59. The highest BCUT2D eigenvalue weighted by molar-refractivity contribution is 5.91. The van der Waals surface area contributed by atoms with E-state index in [9.17, 15) is 4.79 Å². The summed E-state index contributed by atoms with van der Waals surface area (Å²) in [5.41, 5.74) is 0. The van der Waals surface area contributed by atoms with Crippen molar-refractivity contribution < 1.29 is 9.32 Å². The van der Waals surface area contributed by atoms with Gasteiger partial charge in [0.05, 0.1) is 6.20 Å². The Morgan fingerprint density at radius 3 is 3.33 bits per heavy atom. The van der Waals surface area contributed by atoms with Crippen LogP contribution in [0.15, 0.2) is 16.8 Å². The molecular formula is C10H13N3O2. The van der Waals surface area contributed by atoms with Gasteiger partial charge in [-0.15, -0.1) is 0 Å². The van der Waals surface area contributed by atoms with Gasteiger partial charge in [-0.3, -0.25) is 4.79 Å². The zero-order valence-electron chi connectivity index (χ0n) is 8.35. The molecule has 80 valence electrons. The van der Waals surface area contributed by atoms with Gasteiger partial charge in [0.25, 0.3) is 5.91 Å². The van der Waals surface area contributed by atoms with Crippen molar-refractivity contribution in [2.24, 2.45) is 0 Å². The summed E-state index contributed by atoms with van der Waals surface area (Å²) in [7, 11) is 0. The molecule has 5 heteroatoms. The lowest BCUT2D eigenvalue weighted by atomic mass is 10.1. The van der Waals surface area contributed by atoms with Gasteiger partial charge in [0.15, 0.2) is 0 Å². The summed E-state index contributed by atoms with van der Waals surface area (Å²) in [6.07, 6.45) is 3.60. The molecule has 2 aliphatic heterocycles. The molecule has 0 saturated carbocycles. The Hall–Kier alpha value is -1.36. The van der Waals surface area contributed by atoms with Crippen LogP contribution in [0.3, 0.4) is 0 Å². The van der Waals surface area contributed by atoms with Crippen LogP contribution in [-0.4, -0.2) is 41.1 Å². The topological polar surface area (TPSA) is 58.4 Å². The van der Waals surface area contributed by atoms with Crippen molar-refractivity contribution in [3.63, 3.8) is 0 Å². The van der Waals surface area contributed by atoms with Crippen LogP contribution in [0.4, 0.5) is 0 Å². The molecule has 1 N–H and O–H groups in total. The van der Waals surface area contributed by atoms with Gasteiger partial charge in [-0.1, -0.05) is 5.16 Å². The van der Waals surface area contributed by atoms with E-state index in [1.807, 2.05) is 4.90 Å². The smallest absolute Gasteiger partial charge is 0.292 e. The lowest BCUT2D eigenvalue weighted by molar-refractivity contribution is 0.0695. The number of nitrogens with zero attached hydrogens (tertiary/aromatic N) is 2. The molecule has 2 aliphatic rings. The van der Waals surface area contributed by atoms with E-state index in [0.29, 0.717) is 17.8 Å². The van der Waals surface area contributed by atoms with Crippen molar-refractivity contribution in [1.82, 2.24) is 15.4 Å². The molecule has 2 saturated heterocycles. The van der Waals surface area contributed by atoms with E-state index < -0.39 is 0 Å². The monoisotopic (exact) mass is 207 g/mol. The normalized spacial score (nSPS) is 29.5. The highest BCUT2D eigenvalue weighted by Gasteiger charge is 2.40. The van der Waals surface area contributed by atoms with Crippen molar-refractivity contribution >= 4 is 5.91 Å². The fourth-order valence-corrected chi connectivity index (χ4v) is 2.59. The number of carbonyl (C=O) groups is 1.